The first kappa shape index (κ1) is 15.8. The molecule has 0 spiro atoms. The molecular formula is C20H23NO2. The number of nitrogens with one attached hydrogen (secondary N) is 1. The van der Waals surface area contributed by atoms with Crippen molar-refractivity contribution < 1.29 is 9.53 Å². The van der Waals surface area contributed by atoms with Gasteiger partial charge in [-0.1, -0.05) is 60.7 Å². The second-order valence-corrected chi connectivity index (χ2v) is 6.06. The Morgan fingerprint density at radius 1 is 1.09 bits per heavy atom. The van der Waals surface area contributed by atoms with E-state index in [4.69, 9.17) is 4.74 Å². The van der Waals surface area contributed by atoms with E-state index in [1.807, 2.05) is 36.4 Å². The largest absolute Gasteiger partial charge is 0.378 e. The molecule has 1 N–H and O–H groups in total. The van der Waals surface area contributed by atoms with Crippen molar-refractivity contribution in [1.29, 1.82) is 0 Å². The fraction of sp³-hybridized carbons (Fsp3) is 0.350. The molecule has 3 heteroatoms. The van der Waals surface area contributed by atoms with Gasteiger partial charge in [-0.3, -0.25) is 4.79 Å². The Bertz CT molecular complexity index is 606. The third-order valence-electron chi connectivity index (χ3n) is 4.26. The predicted octanol–water partition coefficient (Wildman–Crippen LogP) is 3.66. The maximum absolute atomic E-state index is 12.4. The van der Waals surface area contributed by atoms with Gasteiger partial charge in [-0.15, -0.1) is 0 Å². The number of rotatable bonds is 6. The first-order chi connectivity index (χ1) is 11.3. The monoisotopic (exact) mass is 309 g/mol. The van der Waals surface area contributed by atoms with Gasteiger partial charge in [-0.05, 0) is 30.4 Å². The number of benzene rings is 2. The molecule has 120 valence electrons. The van der Waals surface area contributed by atoms with E-state index >= 15 is 0 Å². The molecule has 2 aromatic rings. The first-order valence-electron chi connectivity index (χ1n) is 8.31. The molecule has 0 aromatic heterocycles. The van der Waals surface area contributed by atoms with E-state index in [1.165, 1.54) is 5.56 Å². The van der Waals surface area contributed by atoms with Gasteiger partial charge in [0.25, 0.3) is 0 Å². The third kappa shape index (κ3) is 4.67. The second-order valence-electron chi connectivity index (χ2n) is 6.06. The second kappa shape index (κ2) is 7.93. The van der Waals surface area contributed by atoms with Gasteiger partial charge in [0, 0.05) is 6.61 Å². The Kier molecular flexibility index (Phi) is 5.43. The zero-order valence-electron chi connectivity index (χ0n) is 13.3. The van der Waals surface area contributed by atoms with E-state index in [-0.39, 0.29) is 18.1 Å². The third-order valence-corrected chi connectivity index (χ3v) is 4.26. The Morgan fingerprint density at radius 2 is 1.78 bits per heavy atom. The smallest absolute Gasteiger partial charge is 0.223 e. The molecule has 1 aliphatic rings. The minimum atomic E-state index is -0.00694. The first-order valence-corrected chi connectivity index (χ1v) is 8.31. The molecule has 0 bridgehead atoms. The Balaban J connectivity index is 1.68. The summed E-state index contributed by atoms with van der Waals surface area (Å²) in [6.07, 6.45) is 3.38. The lowest BCUT2D eigenvalue weighted by molar-refractivity contribution is -0.124. The highest BCUT2D eigenvalue weighted by molar-refractivity contribution is 5.77. The van der Waals surface area contributed by atoms with E-state index in [0.717, 1.165) is 31.4 Å². The summed E-state index contributed by atoms with van der Waals surface area (Å²) < 4.78 is 5.57. The van der Waals surface area contributed by atoms with Gasteiger partial charge in [0.2, 0.25) is 5.91 Å². The highest BCUT2D eigenvalue weighted by atomic mass is 16.5. The van der Waals surface area contributed by atoms with Crippen LogP contribution in [-0.2, 0) is 16.0 Å². The van der Waals surface area contributed by atoms with Crippen molar-refractivity contribution in [3.8, 4) is 0 Å². The summed E-state index contributed by atoms with van der Waals surface area (Å²) in [7, 11) is 0. The molecule has 1 heterocycles. The standard InChI is InChI=1S/C20H23NO2/c22-20(15-18-12-7-13-23-18)21-19(17-10-5-2-6-11-17)14-16-8-3-1-4-9-16/h1-6,8-11,18-19H,7,12-15H2,(H,21,22)/t18-,19+/m0/s1. The van der Waals surface area contributed by atoms with Crippen molar-refractivity contribution in [1.82, 2.24) is 5.32 Å². The highest BCUT2D eigenvalue weighted by Gasteiger charge is 2.21. The van der Waals surface area contributed by atoms with Gasteiger partial charge in [0.1, 0.15) is 0 Å². The number of amides is 1. The Morgan fingerprint density at radius 3 is 2.43 bits per heavy atom. The number of hydrogen-bond donors (Lipinski definition) is 1. The molecule has 23 heavy (non-hydrogen) atoms. The molecule has 1 amide bonds. The molecule has 2 aromatic carbocycles. The van der Waals surface area contributed by atoms with Crippen LogP contribution in [0.2, 0.25) is 0 Å². The van der Waals surface area contributed by atoms with Crippen LogP contribution in [0.4, 0.5) is 0 Å². The van der Waals surface area contributed by atoms with E-state index < -0.39 is 0 Å². The van der Waals surface area contributed by atoms with Gasteiger partial charge < -0.3 is 10.1 Å². The van der Waals surface area contributed by atoms with Crippen molar-refractivity contribution in [2.75, 3.05) is 6.61 Å². The molecule has 1 fully saturated rings. The molecule has 1 aliphatic heterocycles. The van der Waals surface area contributed by atoms with Crippen molar-refractivity contribution in [2.24, 2.45) is 0 Å². The summed E-state index contributed by atoms with van der Waals surface area (Å²) in [6, 6.07) is 20.4. The van der Waals surface area contributed by atoms with Gasteiger partial charge in [-0.25, -0.2) is 0 Å². The number of carbonyl (C=O) groups is 1. The minimum Gasteiger partial charge on any atom is -0.378 e. The molecule has 3 nitrogen and oxygen atoms in total. The van der Waals surface area contributed by atoms with Crippen molar-refractivity contribution >= 4 is 5.91 Å². The summed E-state index contributed by atoms with van der Waals surface area (Å²) in [5.74, 6) is 0.0710. The van der Waals surface area contributed by atoms with Crippen LogP contribution in [0.15, 0.2) is 60.7 Å². The maximum Gasteiger partial charge on any atom is 0.223 e. The van der Waals surface area contributed by atoms with Crippen LogP contribution in [0.5, 0.6) is 0 Å². The SMILES string of the molecule is O=C(C[C@@H]1CCCO1)N[C@H](Cc1ccccc1)c1ccccc1. The quantitative estimate of drug-likeness (QED) is 0.884. The zero-order chi connectivity index (χ0) is 15.9. The average Bonchev–Trinajstić information content (AvgIpc) is 3.09. The molecule has 0 unspecified atom stereocenters. The van der Waals surface area contributed by atoms with Gasteiger partial charge in [0.15, 0.2) is 0 Å². The molecule has 2 atom stereocenters. The van der Waals surface area contributed by atoms with Crippen LogP contribution >= 0.6 is 0 Å². The normalized spacial score (nSPS) is 18.5. The van der Waals surface area contributed by atoms with E-state index in [9.17, 15) is 4.79 Å². The minimum absolute atomic E-state index is 0.00694. The van der Waals surface area contributed by atoms with Gasteiger partial charge in [-0.2, -0.15) is 0 Å². The summed E-state index contributed by atoms with van der Waals surface area (Å²) in [5, 5.41) is 3.19. The molecular weight excluding hydrogens is 286 g/mol. The molecule has 0 radical (unpaired) electrons. The predicted molar refractivity (Wildman–Crippen MR) is 91.1 cm³/mol. The molecule has 1 saturated heterocycles. The fourth-order valence-corrected chi connectivity index (χ4v) is 3.05. The lowest BCUT2D eigenvalue weighted by Gasteiger charge is -2.20. The van der Waals surface area contributed by atoms with E-state index in [0.29, 0.717) is 6.42 Å². The summed E-state index contributed by atoms with van der Waals surface area (Å²) in [5.41, 5.74) is 2.36. The maximum atomic E-state index is 12.4. The molecule has 0 aliphatic carbocycles. The van der Waals surface area contributed by atoms with E-state index in [2.05, 4.69) is 29.6 Å². The van der Waals surface area contributed by atoms with Gasteiger partial charge >= 0.3 is 0 Å². The lowest BCUT2D eigenvalue weighted by atomic mass is 9.98. The Hall–Kier alpha value is -2.13. The number of ether oxygens (including phenoxy) is 1. The number of hydrogen-bond acceptors (Lipinski definition) is 2. The van der Waals surface area contributed by atoms with Crippen LogP contribution in [-0.4, -0.2) is 18.6 Å². The van der Waals surface area contributed by atoms with Crippen molar-refractivity contribution in [3.63, 3.8) is 0 Å². The lowest BCUT2D eigenvalue weighted by Crippen LogP contribution is -2.32. The zero-order valence-corrected chi connectivity index (χ0v) is 13.3. The topological polar surface area (TPSA) is 38.3 Å². The Labute approximate surface area is 137 Å². The van der Waals surface area contributed by atoms with Crippen LogP contribution in [0.1, 0.15) is 36.4 Å². The number of carbonyl (C=O) groups excluding carboxylic acids is 1. The van der Waals surface area contributed by atoms with Crippen molar-refractivity contribution in [3.05, 3.63) is 71.8 Å². The van der Waals surface area contributed by atoms with E-state index in [1.54, 1.807) is 0 Å². The van der Waals surface area contributed by atoms with Crippen LogP contribution in [0.25, 0.3) is 0 Å². The molecule has 0 saturated carbocycles. The fourth-order valence-electron chi connectivity index (χ4n) is 3.05. The summed E-state index contributed by atoms with van der Waals surface area (Å²) in [6.45, 7) is 0.782. The van der Waals surface area contributed by atoms with Gasteiger partial charge in [0.05, 0.1) is 18.6 Å². The molecule has 3 rings (SSSR count). The average molecular weight is 309 g/mol. The summed E-state index contributed by atoms with van der Waals surface area (Å²) >= 11 is 0. The van der Waals surface area contributed by atoms with Crippen LogP contribution in [0.3, 0.4) is 0 Å². The van der Waals surface area contributed by atoms with Crippen LogP contribution in [0, 0.1) is 0 Å². The summed E-state index contributed by atoms with van der Waals surface area (Å²) in [4.78, 5) is 12.4. The highest BCUT2D eigenvalue weighted by Crippen LogP contribution is 2.20. The van der Waals surface area contributed by atoms with Crippen molar-refractivity contribution in [2.45, 2.75) is 37.8 Å². The van der Waals surface area contributed by atoms with Crippen LogP contribution < -0.4 is 5.32 Å².